The maximum Gasteiger partial charge on any atom is 0.307 e. The minimum atomic E-state index is -3.95. The van der Waals surface area contributed by atoms with E-state index in [1.807, 2.05) is 36.4 Å². The first kappa shape index (κ1) is 43.8. The summed E-state index contributed by atoms with van der Waals surface area (Å²) in [4.78, 5) is 76.2. The fourth-order valence-electron chi connectivity index (χ4n) is 7.48. The van der Waals surface area contributed by atoms with Gasteiger partial charge < -0.3 is 29.3 Å². The third kappa shape index (κ3) is 9.97. The summed E-state index contributed by atoms with van der Waals surface area (Å²) >= 11 is 0. The summed E-state index contributed by atoms with van der Waals surface area (Å²) in [6, 6.07) is 15.4. The van der Waals surface area contributed by atoms with E-state index >= 15 is 0 Å². The smallest absolute Gasteiger partial charge is 0.307 e. The number of nitrogens with zero attached hydrogens (tertiary/aromatic N) is 3. The predicted octanol–water partition coefficient (Wildman–Crippen LogP) is 4.31. The van der Waals surface area contributed by atoms with Crippen LogP contribution in [0.4, 0.5) is 0 Å². The fraction of sp³-hybridized carbons (Fsp3) is 0.455. The van der Waals surface area contributed by atoms with E-state index in [4.69, 9.17) is 19.2 Å². The topological polar surface area (TPSA) is 191 Å². The van der Waals surface area contributed by atoms with Gasteiger partial charge in [0.25, 0.3) is 5.91 Å². The molecule has 320 valence electrons. The van der Waals surface area contributed by atoms with Gasteiger partial charge in [-0.15, -0.1) is 6.58 Å². The molecule has 0 unspecified atom stereocenters. The highest BCUT2D eigenvalue weighted by Crippen LogP contribution is 2.46. The van der Waals surface area contributed by atoms with E-state index < -0.39 is 74.1 Å². The number of methoxy groups -OCH3 is 1. The molecule has 0 radical (unpaired) electrons. The standard InChI is InChI=1S/C44H53N5O10S/c1-8-29-25-44(29,42(54)47-60(55,56)32-16-17-32)46-40(52)36-23-31(26-49(36)41(53)28(19-20-48(6)38(50)9-2)21-39(51)59-43(3,4)5)58-37-24-34(27-13-11-10-12-14-27)45-35-22-30(57-7)15-18-33(35)37/h8-15,18,22,24,28-29,31-32,36H,1-2,16-17,19-21,23,25-26H2,3-7H3,(H,46,52)(H,47,54)/t28-,29-,31-,36+,44-/m1/s1. The average molecular weight is 844 g/mol. The number of amides is 4. The van der Waals surface area contributed by atoms with Crippen molar-refractivity contribution in [2.75, 3.05) is 27.2 Å². The van der Waals surface area contributed by atoms with Gasteiger partial charge in [-0.1, -0.05) is 43.0 Å². The number of aromatic nitrogens is 1. The van der Waals surface area contributed by atoms with Crippen LogP contribution >= 0.6 is 0 Å². The number of benzene rings is 2. The van der Waals surface area contributed by atoms with Crippen LogP contribution in [-0.4, -0.2) is 109 Å². The number of carbonyl (C=O) groups excluding carboxylic acids is 5. The summed E-state index contributed by atoms with van der Waals surface area (Å²) in [5.41, 5.74) is -0.437. The largest absolute Gasteiger partial charge is 0.497 e. The lowest BCUT2D eigenvalue weighted by atomic mass is 9.98. The first-order valence-corrected chi connectivity index (χ1v) is 21.5. The van der Waals surface area contributed by atoms with Crippen molar-refractivity contribution in [3.05, 3.63) is 79.9 Å². The Morgan fingerprint density at radius 1 is 1.07 bits per heavy atom. The van der Waals surface area contributed by atoms with Crippen molar-refractivity contribution in [3.63, 3.8) is 0 Å². The molecule has 3 aliphatic rings. The number of sulfonamides is 1. The second-order valence-corrected chi connectivity index (χ2v) is 18.6. The number of pyridine rings is 1. The predicted molar refractivity (Wildman–Crippen MR) is 224 cm³/mol. The lowest BCUT2D eigenvalue weighted by Crippen LogP contribution is -2.57. The third-order valence-corrected chi connectivity index (χ3v) is 12.8. The second-order valence-electron chi connectivity index (χ2n) is 16.7. The van der Waals surface area contributed by atoms with E-state index in [0.717, 1.165) is 11.6 Å². The van der Waals surface area contributed by atoms with Gasteiger partial charge in [0.2, 0.25) is 27.7 Å². The molecule has 2 N–H and O–H groups in total. The highest BCUT2D eigenvalue weighted by molar-refractivity contribution is 7.91. The molecular formula is C44H53N5O10S. The number of likely N-dealkylation sites (tertiary alicyclic amines) is 1. The molecule has 1 saturated heterocycles. The van der Waals surface area contributed by atoms with E-state index in [9.17, 15) is 32.4 Å². The SMILES string of the molecule is C=CC(=O)N(C)CC[C@H](CC(=O)OC(C)(C)C)C(=O)N1C[C@H](Oc2cc(-c3ccccc3)nc3cc(OC)ccc23)C[C@H]1C(=O)N[C@]1(C(=O)NS(=O)(=O)C2CC2)C[C@H]1C=C. The van der Waals surface area contributed by atoms with Gasteiger partial charge in [-0.2, -0.15) is 0 Å². The highest BCUT2D eigenvalue weighted by Gasteiger charge is 2.62. The Hall–Kier alpha value is -5.77. The molecule has 2 saturated carbocycles. The Bertz CT molecular complexity index is 2290. The first-order chi connectivity index (χ1) is 28.4. The molecule has 2 aromatic carbocycles. The van der Waals surface area contributed by atoms with Gasteiger partial charge in [-0.25, -0.2) is 13.4 Å². The van der Waals surface area contributed by atoms with Crippen molar-refractivity contribution in [1.82, 2.24) is 24.8 Å². The van der Waals surface area contributed by atoms with Crippen LogP contribution in [0.5, 0.6) is 11.5 Å². The van der Waals surface area contributed by atoms with Gasteiger partial charge in [0.1, 0.15) is 34.8 Å². The van der Waals surface area contributed by atoms with Gasteiger partial charge in [0, 0.05) is 49.0 Å². The van der Waals surface area contributed by atoms with Gasteiger partial charge in [-0.3, -0.25) is 28.7 Å². The van der Waals surface area contributed by atoms with Crippen LogP contribution in [0.2, 0.25) is 0 Å². The van der Waals surface area contributed by atoms with E-state index in [-0.39, 0.29) is 44.7 Å². The molecule has 0 bridgehead atoms. The number of rotatable bonds is 17. The van der Waals surface area contributed by atoms with E-state index in [0.29, 0.717) is 40.9 Å². The lowest BCUT2D eigenvalue weighted by molar-refractivity contribution is -0.159. The van der Waals surface area contributed by atoms with Crippen molar-refractivity contribution in [2.45, 2.75) is 87.8 Å². The zero-order valence-corrected chi connectivity index (χ0v) is 35.5. The molecule has 2 heterocycles. The maximum absolute atomic E-state index is 14.8. The number of likely N-dealkylation sites (N-methyl/N-ethyl adjacent to an activating group) is 1. The monoisotopic (exact) mass is 843 g/mol. The van der Waals surface area contributed by atoms with Gasteiger partial charge in [-0.05, 0) is 64.7 Å². The molecule has 60 heavy (non-hydrogen) atoms. The molecule has 16 heteroatoms. The maximum atomic E-state index is 14.8. The normalized spacial score (nSPS) is 21.6. The Balaban J connectivity index is 1.35. The van der Waals surface area contributed by atoms with Crippen LogP contribution < -0.4 is 19.5 Å². The van der Waals surface area contributed by atoms with Gasteiger partial charge >= 0.3 is 5.97 Å². The molecule has 3 aromatic rings. The molecule has 5 atom stereocenters. The van der Waals surface area contributed by atoms with Crippen LogP contribution in [0.3, 0.4) is 0 Å². The van der Waals surface area contributed by atoms with Crippen molar-refractivity contribution in [3.8, 4) is 22.8 Å². The van der Waals surface area contributed by atoms with E-state index in [2.05, 4.69) is 23.2 Å². The summed E-state index contributed by atoms with van der Waals surface area (Å²) in [6.45, 7) is 12.4. The Morgan fingerprint density at radius 2 is 1.78 bits per heavy atom. The Kier molecular flexibility index (Phi) is 12.7. The van der Waals surface area contributed by atoms with Crippen LogP contribution in [0.15, 0.2) is 79.9 Å². The average Bonchev–Trinajstić information content (AvgIpc) is 4.14. The number of hydrogen-bond acceptors (Lipinski definition) is 11. The van der Waals surface area contributed by atoms with Crippen LogP contribution in [-0.2, 0) is 38.7 Å². The van der Waals surface area contributed by atoms with Gasteiger partial charge in [0.05, 0.1) is 42.5 Å². The van der Waals surface area contributed by atoms with Crippen LogP contribution in [0.1, 0.15) is 59.3 Å². The van der Waals surface area contributed by atoms with E-state index in [1.165, 1.54) is 15.9 Å². The number of carbonyl (C=O) groups is 5. The quantitative estimate of drug-likeness (QED) is 0.112. The number of fused-ring (bicyclic) bond motifs is 1. The zero-order valence-electron chi connectivity index (χ0n) is 34.6. The number of ether oxygens (including phenoxy) is 3. The second kappa shape index (κ2) is 17.4. The van der Waals surface area contributed by atoms with Gasteiger partial charge in [0.15, 0.2) is 0 Å². The molecule has 2 aliphatic carbocycles. The van der Waals surface area contributed by atoms with Crippen molar-refractivity contribution in [1.29, 1.82) is 0 Å². The molecule has 0 spiro atoms. The molecule has 6 rings (SSSR count). The van der Waals surface area contributed by atoms with Crippen LogP contribution in [0, 0.1) is 11.8 Å². The lowest BCUT2D eigenvalue weighted by Gasteiger charge is -2.30. The molecule has 15 nitrogen and oxygen atoms in total. The summed E-state index contributed by atoms with van der Waals surface area (Å²) in [7, 11) is -0.845. The summed E-state index contributed by atoms with van der Waals surface area (Å²) in [5, 5.41) is 2.78. The first-order valence-electron chi connectivity index (χ1n) is 20.0. The molecule has 1 aromatic heterocycles. The molecule has 1 aliphatic heterocycles. The number of hydrogen-bond donors (Lipinski definition) is 2. The van der Waals surface area contributed by atoms with Crippen molar-refractivity contribution < 1.29 is 46.6 Å². The third-order valence-electron chi connectivity index (χ3n) is 11.0. The van der Waals surface area contributed by atoms with Crippen molar-refractivity contribution >= 4 is 50.5 Å². The van der Waals surface area contributed by atoms with Crippen LogP contribution in [0.25, 0.3) is 22.2 Å². The number of esters is 1. The Morgan fingerprint density at radius 3 is 2.40 bits per heavy atom. The fourth-order valence-corrected chi connectivity index (χ4v) is 8.84. The van der Waals surface area contributed by atoms with E-state index in [1.54, 1.807) is 53.1 Å². The molecular weight excluding hydrogens is 791 g/mol. The number of nitrogens with one attached hydrogen (secondary N) is 2. The highest BCUT2D eigenvalue weighted by atomic mass is 32.2. The Labute approximate surface area is 350 Å². The zero-order chi connectivity index (χ0) is 43.6. The molecule has 4 amide bonds. The minimum absolute atomic E-state index is 0.0247. The summed E-state index contributed by atoms with van der Waals surface area (Å²) < 4.78 is 45.6. The minimum Gasteiger partial charge on any atom is -0.497 e. The summed E-state index contributed by atoms with van der Waals surface area (Å²) in [6.07, 6.45) is 2.51. The summed E-state index contributed by atoms with van der Waals surface area (Å²) in [5.74, 6) is -3.75. The molecule has 3 fully saturated rings. The van der Waals surface area contributed by atoms with Crippen molar-refractivity contribution in [2.24, 2.45) is 11.8 Å².